The van der Waals surface area contributed by atoms with Gasteiger partial charge < -0.3 is 10.1 Å². The molecule has 3 heteroatoms. The van der Waals surface area contributed by atoms with Crippen LogP contribution in [0, 0.1) is 5.92 Å². The quantitative estimate of drug-likeness (QED) is 0.890. The van der Waals surface area contributed by atoms with E-state index in [0.717, 1.165) is 29.1 Å². The van der Waals surface area contributed by atoms with Crippen molar-refractivity contribution in [2.75, 3.05) is 6.54 Å². The number of fused-ring (bicyclic) bond motifs is 1. The third kappa shape index (κ3) is 2.08. The molecule has 1 atom stereocenters. The van der Waals surface area contributed by atoms with Crippen LogP contribution in [-0.4, -0.2) is 12.1 Å². The summed E-state index contributed by atoms with van der Waals surface area (Å²) in [6.45, 7) is 5.49. The fraction of sp³-hybridized carbons (Fsp3) is 0.600. The van der Waals surface area contributed by atoms with Crippen molar-refractivity contribution >= 4 is 15.9 Å². The molecule has 0 aromatic heterocycles. The van der Waals surface area contributed by atoms with Gasteiger partial charge in [-0.15, -0.1) is 0 Å². The van der Waals surface area contributed by atoms with E-state index >= 15 is 0 Å². The molecule has 1 aromatic rings. The normalized spacial score (nSPS) is 33.7. The van der Waals surface area contributed by atoms with Gasteiger partial charge in [0.1, 0.15) is 11.4 Å². The number of nitrogens with one attached hydrogen (secondary N) is 1. The van der Waals surface area contributed by atoms with Crippen molar-refractivity contribution in [3.63, 3.8) is 0 Å². The summed E-state index contributed by atoms with van der Waals surface area (Å²) in [7, 11) is 0. The van der Waals surface area contributed by atoms with Crippen LogP contribution in [0.2, 0.25) is 0 Å². The summed E-state index contributed by atoms with van der Waals surface area (Å²) >= 11 is 3.54. The molecule has 1 fully saturated rings. The van der Waals surface area contributed by atoms with Gasteiger partial charge in [0, 0.05) is 22.5 Å². The maximum Gasteiger partial charge on any atom is 0.126 e. The van der Waals surface area contributed by atoms with Crippen LogP contribution >= 0.6 is 15.9 Å². The molecule has 2 aliphatic rings. The van der Waals surface area contributed by atoms with Crippen molar-refractivity contribution in [2.45, 2.75) is 44.8 Å². The fourth-order valence-corrected chi connectivity index (χ4v) is 3.87. The topological polar surface area (TPSA) is 21.3 Å². The predicted octanol–water partition coefficient (Wildman–Crippen LogP) is 4.05. The van der Waals surface area contributed by atoms with Gasteiger partial charge in [-0.2, -0.15) is 0 Å². The van der Waals surface area contributed by atoms with Gasteiger partial charge >= 0.3 is 0 Å². The first-order valence-corrected chi connectivity index (χ1v) is 7.63. The van der Waals surface area contributed by atoms with Crippen LogP contribution < -0.4 is 10.1 Å². The highest BCUT2D eigenvalue weighted by molar-refractivity contribution is 9.10. The Labute approximate surface area is 117 Å². The second-order valence-electron chi connectivity index (χ2n) is 5.80. The van der Waals surface area contributed by atoms with E-state index in [1.807, 2.05) is 0 Å². The summed E-state index contributed by atoms with van der Waals surface area (Å²) < 4.78 is 7.41. The number of hydrogen-bond acceptors (Lipinski definition) is 2. The van der Waals surface area contributed by atoms with E-state index in [1.165, 1.54) is 18.4 Å². The standard InChI is InChI=1S/C15H20BrNO/c1-3-17-13-9-15(7-10(2)8-15)18-14-6-11(16)4-5-12(13)14/h4-6,10,13,17H,3,7-9H2,1-2H3. The van der Waals surface area contributed by atoms with Crippen molar-refractivity contribution in [2.24, 2.45) is 5.92 Å². The molecular weight excluding hydrogens is 290 g/mol. The van der Waals surface area contributed by atoms with Gasteiger partial charge in [0.15, 0.2) is 0 Å². The summed E-state index contributed by atoms with van der Waals surface area (Å²) in [5, 5.41) is 3.60. The molecule has 1 saturated carbocycles. The number of ether oxygens (including phenoxy) is 1. The van der Waals surface area contributed by atoms with E-state index in [0.29, 0.717) is 6.04 Å². The third-order valence-corrected chi connectivity index (χ3v) is 4.64. The van der Waals surface area contributed by atoms with Gasteiger partial charge in [0.05, 0.1) is 0 Å². The number of benzene rings is 1. The van der Waals surface area contributed by atoms with Crippen LogP contribution in [0.4, 0.5) is 0 Å². The smallest absolute Gasteiger partial charge is 0.126 e. The van der Waals surface area contributed by atoms with Gasteiger partial charge in [0.2, 0.25) is 0 Å². The van der Waals surface area contributed by atoms with E-state index in [1.54, 1.807) is 0 Å². The molecule has 1 aromatic carbocycles. The van der Waals surface area contributed by atoms with Crippen molar-refractivity contribution in [3.8, 4) is 5.75 Å². The molecule has 0 radical (unpaired) electrons. The SMILES string of the molecule is CCNC1CC2(CC(C)C2)Oc2cc(Br)ccc21. The summed E-state index contributed by atoms with van der Waals surface area (Å²) in [6, 6.07) is 6.85. The fourth-order valence-electron chi connectivity index (χ4n) is 3.53. The molecule has 1 N–H and O–H groups in total. The lowest BCUT2D eigenvalue weighted by Gasteiger charge is -2.51. The minimum absolute atomic E-state index is 0.0973. The Hall–Kier alpha value is -0.540. The monoisotopic (exact) mass is 309 g/mol. The predicted molar refractivity (Wildman–Crippen MR) is 76.9 cm³/mol. The Morgan fingerprint density at radius 3 is 2.83 bits per heavy atom. The molecule has 2 nitrogen and oxygen atoms in total. The van der Waals surface area contributed by atoms with Crippen LogP contribution in [0.15, 0.2) is 22.7 Å². The molecule has 1 aliphatic carbocycles. The van der Waals surface area contributed by atoms with E-state index < -0.39 is 0 Å². The van der Waals surface area contributed by atoms with Gasteiger partial charge in [-0.05, 0) is 37.4 Å². The lowest BCUT2D eigenvalue weighted by atomic mass is 9.67. The maximum atomic E-state index is 6.31. The molecule has 1 heterocycles. The molecule has 1 spiro atoms. The maximum absolute atomic E-state index is 6.31. The molecule has 98 valence electrons. The van der Waals surface area contributed by atoms with Crippen LogP contribution in [0.1, 0.15) is 44.7 Å². The highest BCUT2D eigenvalue weighted by Gasteiger charge is 2.48. The van der Waals surface area contributed by atoms with E-state index in [4.69, 9.17) is 4.74 Å². The molecule has 0 bridgehead atoms. The zero-order valence-corrected chi connectivity index (χ0v) is 12.6. The van der Waals surface area contributed by atoms with Crippen molar-refractivity contribution in [1.29, 1.82) is 0 Å². The first kappa shape index (κ1) is 12.5. The van der Waals surface area contributed by atoms with E-state index in [2.05, 4.69) is 53.3 Å². The van der Waals surface area contributed by atoms with Crippen molar-refractivity contribution < 1.29 is 4.74 Å². The lowest BCUT2D eigenvalue weighted by Crippen LogP contribution is -2.52. The number of hydrogen-bond donors (Lipinski definition) is 1. The van der Waals surface area contributed by atoms with Crippen LogP contribution in [-0.2, 0) is 0 Å². The van der Waals surface area contributed by atoms with Gasteiger partial charge in [-0.3, -0.25) is 0 Å². The Kier molecular flexibility index (Phi) is 3.15. The summed E-state index contributed by atoms with van der Waals surface area (Å²) in [5.41, 5.74) is 1.41. The molecule has 18 heavy (non-hydrogen) atoms. The molecule has 3 rings (SSSR count). The minimum atomic E-state index is 0.0973. The Morgan fingerprint density at radius 1 is 1.39 bits per heavy atom. The average Bonchev–Trinajstić information content (AvgIpc) is 2.27. The first-order valence-electron chi connectivity index (χ1n) is 6.84. The van der Waals surface area contributed by atoms with Crippen LogP contribution in [0.3, 0.4) is 0 Å². The van der Waals surface area contributed by atoms with Crippen LogP contribution in [0.5, 0.6) is 5.75 Å². The number of rotatable bonds is 2. The second-order valence-corrected chi connectivity index (χ2v) is 6.71. The highest BCUT2D eigenvalue weighted by Crippen LogP contribution is 2.51. The van der Waals surface area contributed by atoms with E-state index in [9.17, 15) is 0 Å². The van der Waals surface area contributed by atoms with Crippen LogP contribution in [0.25, 0.3) is 0 Å². The molecular formula is C15H20BrNO. The molecule has 1 unspecified atom stereocenters. The zero-order chi connectivity index (χ0) is 12.8. The zero-order valence-electron chi connectivity index (χ0n) is 11.0. The molecule has 1 aliphatic heterocycles. The Morgan fingerprint density at radius 2 is 2.17 bits per heavy atom. The van der Waals surface area contributed by atoms with Gasteiger partial charge in [0.25, 0.3) is 0 Å². The number of halogens is 1. The van der Waals surface area contributed by atoms with E-state index in [-0.39, 0.29) is 5.60 Å². The first-order chi connectivity index (χ1) is 8.62. The Bertz CT molecular complexity index is 454. The van der Waals surface area contributed by atoms with Gasteiger partial charge in [-0.1, -0.05) is 35.8 Å². The minimum Gasteiger partial charge on any atom is -0.487 e. The highest BCUT2D eigenvalue weighted by atomic mass is 79.9. The summed E-state index contributed by atoms with van der Waals surface area (Å²) in [6.07, 6.45) is 3.50. The third-order valence-electron chi connectivity index (χ3n) is 4.15. The summed E-state index contributed by atoms with van der Waals surface area (Å²) in [4.78, 5) is 0. The van der Waals surface area contributed by atoms with Crippen molar-refractivity contribution in [3.05, 3.63) is 28.2 Å². The average molecular weight is 310 g/mol. The lowest BCUT2D eigenvalue weighted by molar-refractivity contribution is -0.0688. The second kappa shape index (κ2) is 4.53. The van der Waals surface area contributed by atoms with Gasteiger partial charge in [-0.25, -0.2) is 0 Å². The molecule has 0 saturated heterocycles. The largest absolute Gasteiger partial charge is 0.487 e. The summed E-state index contributed by atoms with van der Waals surface area (Å²) in [5.74, 6) is 1.87. The van der Waals surface area contributed by atoms with Crippen molar-refractivity contribution in [1.82, 2.24) is 5.32 Å². The Balaban J connectivity index is 1.93. The molecule has 0 amide bonds.